The molecule has 0 radical (unpaired) electrons. The van der Waals surface area contributed by atoms with Crippen molar-refractivity contribution in [2.45, 2.75) is 0 Å². The fraction of sp³-hybridized carbons (Fsp3) is 0.188. The summed E-state index contributed by atoms with van der Waals surface area (Å²) < 4.78 is 15.4. The molecule has 4 heteroatoms. The molecular weight excluding hydrogens is 256 g/mol. The van der Waals surface area contributed by atoms with Crippen molar-refractivity contribution in [2.75, 3.05) is 20.0 Å². The van der Waals surface area contributed by atoms with Crippen molar-refractivity contribution in [2.24, 2.45) is 0 Å². The molecule has 0 aromatic heterocycles. The summed E-state index contributed by atoms with van der Waals surface area (Å²) in [4.78, 5) is 10.8. The number of esters is 1. The highest BCUT2D eigenvalue weighted by atomic mass is 16.7. The van der Waals surface area contributed by atoms with Gasteiger partial charge in [0.25, 0.3) is 0 Å². The zero-order valence-corrected chi connectivity index (χ0v) is 11.1. The van der Waals surface area contributed by atoms with E-state index in [0.29, 0.717) is 0 Å². The summed E-state index contributed by atoms with van der Waals surface area (Å²) in [6.07, 6.45) is 1.12. The van der Waals surface area contributed by atoms with Crippen molar-refractivity contribution in [3.8, 4) is 5.75 Å². The smallest absolute Gasteiger partial charge is 0.330 e. The van der Waals surface area contributed by atoms with Crippen LogP contribution in [-0.4, -0.2) is 26.0 Å². The first-order valence-electron chi connectivity index (χ1n) is 6.28. The van der Waals surface area contributed by atoms with E-state index in [4.69, 9.17) is 14.2 Å². The van der Waals surface area contributed by atoms with Crippen LogP contribution >= 0.6 is 0 Å². The molecule has 0 amide bonds. The molecule has 0 fully saturated rings. The third kappa shape index (κ3) is 4.10. The minimum atomic E-state index is -0.455. The average molecular weight is 272 g/mol. The van der Waals surface area contributed by atoms with Gasteiger partial charge in [0.1, 0.15) is 12.4 Å². The molecular formula is C16H16O4. The van der Waals surface area contributed by atoms with Crippen molar-refractivity contribution in [3.05, 3.63) is 55.1 Å². The Labute approximate surface area is 117 Å². The van der Waals surface area contributed by atoms with Crippen LogP contribution in [-0.2, 0) is 14.3 Å². The fourth-order valence-corrected chi connectivity index (χ4v) is 1.69. The highest BCUT2D eigenvalue weighted by Crippen LogP contribution is 2.20. The van der Waals surface area contributed by atoms with E-state index >= 15 is 0 Å². The average Bonchev–Trinajstić information content (AvgIpc) is 2.50. The van der Waals surface area contributed by atoms with Crippen LogP contribution in [0.15, 0.2) is 55.1 Å². The van der Waals surface area contributed by atoms with Crippen molar-refractivity contribution < 1.29 is 19.0 Å². The predicted molar refractivity (Wildman–Crippen MR) is 76.6 cm³/mol. The molecule has 4 nitrogen and oxygen atoms in total. The zero-order valence-electron chi connectivity index (χ0n) is 11.1. The number of carbonyl (C=O) groups is 1. The second kappa shape index (κ2) is 7.31. The van der Waals surface area contributed by atoms with E-state index in [0.717, 1.165) is 22.6 Å². The van der Waals surface area contributed by atoms with E-state index in [1.165, 1.54) is 0 Å². The summed E-state index contributed by atoms with van der Waals surface area (Å²) >= 11 is 0. The number of carbonyl (C=O) groups excluding carboxylic acids is 1. The van der Waals surface area contributed by atoms with Crippen LogP contribution in [0, 0.1) is 0 Å². The van der Waals surface area contributed by atoms with Crippen LogP contribution in [0.25, 0.3) is 10.8 Å². The SMILES string of the molecule is C=CC(=O)OCCOCOc1ccc2ccccc2c1. The molecule has 20 heavy (non-hydrogen) atoms. The van der Waals surface area contributed by atoms with Gasteiger partial charge in [0.2, 0.25) is 0 Å². The molecule has 0 saturated heterocycles. The quantitative estimate of drug-likeness (QED) is 0.336. The largest absolute Gasteiger partial charge is 0.468 e. The van der Waals surface area contributed by atoms with Gasteiger partial charge in [-0.1, -0.05) is 36.9 Å². The Morgan fingerprint density at radius 2 is 1.90 bits per heavy atom. The Bertz CT molecular complexity index is 592. The zero-order chi connectivity index (χ0) is 14.2. The van der Waals surface area contributed by atoms with Gasteiger partial charge in [0, 0.05) is 6.08 Å². The van der Waals surface area contributed by atoms with Gasteiger partial charge in [0.15, 0.2) is 6.79 Å². The fourth-order valence-electron chi connectivity index (χ4n) is 1.69. The van der Waals surface area contributed by atoms with Gasteiger partial charge in [-0.3, -0.25) is 0 Å². The van der Waals surface area contributed by atoms with Gasteiger partial charge in [-0.15, -0.1) is 0 Å². The van der Waals surface area contributed by atoms with E-state index in [1.807, 2.05) is 42.5 Å². The number of hydrogen-bond acceptors (Lipinski definition) is 4. The first kappa shape index (κ1) is 14.1. The lowest BCUT2D eigenvalue weighted by Gasteiger charge is -2.08. The number of fused-ring (bicyclic) bond motifs is 1. The molecule has 104 valence electrons. The minimum Gasteiger partial charge on any atom is -0.468 e. The summed E-state index contributed by atoms with van der Waals surface area (Å²) in [5.74, 6) is 0.288. The highest BCUT2D eigenvalue weighted by Gasteiger charge is 1.98. The summed E-state index contributed by atoms with van der Waals surface area (Å²) in [5, 5.41) is 2.28. The van der Waals surface area contributed by atoms with Gasteiger partial charge in [0.05, 0.1) is 6.61 Å². The van der Waals surface area contributed by atoms with E-state index in [-0.39, 0.29) is 20.0 Å². The summed E-state index contributed by atoms with van der Waals surface area (Å²) in [7, 11) is 0. The molecule has 0 spiro atoms. The third-order valence-electron chi connectivity index (χ3n) is 2.67. The van der Waals surface area contributed by atoms with Gasteiger partial charge in [-0.2, -0.15) is 0 Å². The lowest BCUT2D eigenvalue weighted by Crippen LogP contribution is -2.11. The van der Waals surface area contributed by atoms with Crippen LogP contribution < -0.4 is 4.74 Å². The molecule has 0 atom stereocenters. The maximum Gasteiger partial charge on any atom is 0.330 e. The van der Waals surface area contributed by atoms with Crippen LogP contribution in [0.5, 0.6) is 5.75 Å². The molecule has 0 bridgehead atoms. The Balaban J connectivity index is 1.73. The van der Waals surface area contributed by atoms with E-state index in [9.17, 15) is 4.79 Å². The number of hydrogen-bond donors (Lipinski definition) is 0. The van der Waals surface area contributed by atoms with Crippen molar-refractivity contribution in [1.82, 2.24) is 0 Å². The van der Waals surface area contributed by atoms with Gasteiger partial charge >= 0.3 is 5.97 Å². The Morgan fingerprint density at radius 1 is 1.10 bits per heavy atom. The Hall–Kier alpha value is -2.33. The van der Waals surface area contributed by atoms with E-state index in [1.54, 1.807) is 0 Å². The van der Waals surface area contributed by atoms with Crippen molar-refractivity contribution >= 4 is 16.7 Å². The van der Waals surface area contributed by atoms with Gasteiger partial charge < -0.3 is 14.2 Å². The van der Waals surface area contributed by atoms with Crippen LogP contribution in [0.4, 0.5) is 0 Å². The molecule has 0 saturated carbocycles. The van der Waals surface area contributed by atoms with Crippen molar-refractivity contribution in [3.63, 3.8) is 0 Å². The van der Waals surface area contributed by atoms with Crippen LogP contribution in [0.3, 0.4) is 0 Å². The Morgan fingerprint density at radius 3 is 2.70 bits per heavy atom. The molecule has 0 aliphatic carbocycles. The number of rotatable bonds is 7. The number of ether oxygens (including phenoxy) is 3. The minimum absolute atomic E-state index is 0.115. The monoisotopic (exact) mass is 272 g/mol. The molecule has 0 N–H and O–H groups in total. The number of benzene rings is 2. The molecule has 2 aromatic carbocycles. The van der Waals surface area contributed by atoms with E-state index < -0.39 is 5.97 Å². The molecule has 2 aromatic rings. The maximum absolute atomic E-state index is 10.8. The highest BCUT2D eigenvalue weighted by molar-refractivity contribution is 5.83. The lowest BCUT2D eigenvalue weighted by molar-refractivity contribution is -0.140. The Kier molecular flexibility index (Phi) is 5.15. The lowest BCUT2D eigenvalue weighted by atomic mass is 10.1. The standard InChI is InChI=1S/C16H16O4/c1-2-16(17)19-10-9-18-12-20-15-8-7-13-5-3-4-6-14(13)11-15/h2-8,11H,1,9-10,12H2. The molecule has 0 aliphatic rings. The first-order valence-corrected chi connectivity index (χ1v) is 6.28. The molecule has 0 aliphatic heterocycles. The predicted octanol–water partition coefficient (Wildman–Crippen LogP) is 2.92. The molecule has 0 heterocycles. The topological polar surface area (TPSA) is 44.8 Å². The summed E-state index contributed by atoms with van der Waals surface area (Å²) in [5.41, 5.74) is 0. The van der Waals surface area contributed by atoms with Crippen LogP contribution in [0.1, 0.15) is 0 Å². The molecule has 0 unspecified atom stereocenters. The normalized spacial score (nSPS) is 10.2. The van der Waals surface area contributed by atoms with Crippen LogP contribution in [0.2, 0.25) is 0 Å². The van der Waals surface area contributed by atoms with E-state index in [2.05, 4.69) is 6.58 Å². The van der Waals surface area contributed by atoms with Gasteiger partial charge in [-0.05, 0) is 22.9 Å². The van der Waals surface area contributed by atoms with Gasteiger partial charge in [-0.25, -0.2) is 4.79 Å². The second-order valence-corrected chi connectivity index (χ2v) is 4.05. The third-order valence-corrected chi connectivity index (χ3v) is 2.67. The maximum atomic E-state index is 10.8. The summed E-state index contributed by atoms with van der Waals surface area (Å²) in [6, 6.07) is 13.9. The van der Waals surface area contributed by atoms with Crippen molar-refractivity contribution in [1.29, 1.82) is 0 Å². The summed E-state index contributed by atoms with van der Waals surface area (Å²) in [6.45, 7) is 3.89. The molecule has 2 rings (SSSR count). The second-order valence-electron chi connectivity index (χ2n) is 4.05. The first-order chi connectivity index (χ1) is 9.79.